The molecule has 6 heteroatoms. The molecule has 1 aliphatic heterocycles. The van der Waals surface area contributed by atoms with E-state index < -0.39 is 6.04 Å². The molecule has 1 aromatic rings. The molecule has 0 spiro atoms. The number of carbonyl (C=O) groups excluding carboxylic acids is 1. The highest BCUT2D eigenvalue weighted by Gasteiger charge is 2.30. The first-order valence-corrected chi connectivity index (χ1v) is 6.74. The van der Waals surface area contributed by atoms with Crippen LogP contribution >= 0.6 is 15.9 Å². The molecule has 2 rings (SSSR count). The maximum absolute atomic E-state index is 13.3. The first-order valence-electron chi connectivity index (χ1n) is 5.95. The van der Waals surface area contributed by atoms with Crippen LogP contribution in [0.2, 0.25) is 0 Å². The van der Waals surface area contributed by atoms with E-state index in [1.165, 1.54) is 19.2 Å². The molecule has 0 radical (unpaired) electrons. The van der Waals surface area contributed by atoms with Gasteiger partial charge in [-0.2, -0.15) is 0 Å². The molecule has 1 unspecified atom stereocenters. The lowest BCUT2D eigenvalue weighted by Crippen LogP contribution is -2.49. The molecule has 1 fully saturated rings. The lowest BCUT2D eigenvalue weighted by Gasteiger charge is -2.33. The molecular formula is C13H15BrFNO3. The zero-order valence-corrected chi connectivity index (χ0v) is 12.2. The maximum Gasteiger partial charge on any atom is 0.325 e. The fraction of sp³-hybridized carbons (Fsp3) is 0.462. The summed E-state index contributed by atoms with van der Waals surface area (Å²) < 4.78 is 24.2. The van der Waals surface area contributed by atoms with Gasteiger partial charge in [0, 0.05) is 17.6 Å². The summed E-state index contributed by atoms with van der Waals surface area (Å²) in [6.45, 7) is 1.95. The van der Waals surface area contributed by atoms with Crippen molar-refractivity contribution in [3.63, 3.8) is 0 Å². The van der Waals surface area contributed by atoms with Crippen LogP contribution in [0.4, 0.5) is 4.39 Å². The second-order valence-corrected chi connectivity index (χ2v) is 5.17. The minimum atomic E-state index is -0.436. The number of hydrogen-bond acceptors (Lipinski definition) is 4. The summed E-state index contributed by atoms with van der Waals surface area (Å²) in [7, 11) is 1.35. The molecule has 4 nitrogen and oxygen atoms in total. The summed E-state index contributed by atoms with van der Waals surface area (Å²) in [5, 5.41) is 0. The van der Waals surface area contributed by atoms with E-state index >= 15 is 0 Å². The second kappa shape index (κ2) is 6.45. The Morgan fingerprint density at radius 3 is 3.16 bits per heavy atom. The van der Waals surface area contributed by atoms with E-state index in [0.29, 0.717) is 26.3 Å². The van der Waals surface area contributed by atoms with Crippen LogP contribution in [0.5, 0.6) is 0 Å². The summed E-state index contributed by atoms with van der Waals surface area (Å²) in [4.78, 5) is 13.6. The van der Waals surface area contributed by atoms with Gasteiger partial charge in [0.2, 0.25) is 0 Å². The molecule has 0 bridgehead atoms. The Labute approximate surface area is 119 Å². The predicted octanol–water partition coefficient (Wildman–Crippen LogP) is 1.96. The SMILES string of the molecule is COC(=O)C1COCCN1Cc1cc(F)ccc1Br. The highest BCUT2D eigenvalue weighted by molar-refractivity contribution is 9.10. The molecule has 0 saturated carbocycles. The van der Waals surface area contributed by atoms with Crippen molar-refractivity contribution in [2.45, 2.75) is 12.6 Å². The molecule has 1 heterocycles. The van der Waals surface area contributed by atoms with E-state index in [4.69, 9.17) is 9.47 Å². The number of nitrogens with zero attached hydrogens (tertiary/aromatic N) is 1. The summed E-state index contributed by atoms with van der Waals surface area (Å²) in [5.41, 5.74) is 0.802. The van der Waals surface area contributed by atoms with Crippen molar-refractivity contribution in [1.82, 2.24) is 4.90 Å². The Bertz CT molecular complexity index is 469. The minimum Gasteiger partial charge on any atom is -0.468 e. The topological polar surface area (TPSA) is 38.8 Å². The molecule has 0 aromatic heterocycles. The third-order valence-corrected chi connectivity index (χ3v) is 3.87. The number of hydrogen-bond donors (Lipinski definition) is 0. The standard InChI is InChI=1S/C13H15BrFNO3/c1-18-13(17)12-8-19-5-4-16(12)7-9-6-10(15)2-3-11(9)14/h2-3,6,12H,4-5,7-8H2,1H3. The second-order valence-electron chi connectivity index (χ2n) is 4.32. The Kier molecular flexibility index (Phi) is 4.90. The van der Waals surface area contributed by atoms with E-state index in [1.807, 2.05) is 4.90 Å². The number of morpholine rings is 1. The van der Waals surface area contributed by atoms with Crippen molar-refractivity contribution in [2.24, 2.45) is 0 Å². The third kappa shape index (κ3) is 3.52. The number of carbonyl (C=O) groups is 1. The van der Waals surface area contributed by atoms with Gasteiger partial charge in [0.1, 0.15) is 11.9 Å². The van der Waals surface area contributed by atoms with Crippen molar-refractivity contribution < 1.29 is 18.7 Å². The third-order valence-electron chi connectivity index (χ3n) is 3.09. The molecule has 0 N–H and O–H groups in total. The average Bonchev–Trinajstić information content (AvgIpc) is 2.42. The molecule has 104 valence electrons. The number of benzene rings is 1. The quantitative estimate of drug-likeness (QED) is 0.794. The van der Waals surface area contributed by atoms with Crippen LogP contribution in [0.15, 0.2) is 22.7 Å². The van der Waals surface area contributed by atoms with Crippen molar-refractivity contribution in [1.29, 1.82) is 0 Å². The molecule has 0 amide bonds. The van der Waals surface area contributed by atoms with Gasteiger partial charge < -0.3 is 9.47 Å². The zero-order chi connectivity index (χ0) is 13.8. The summed E-state index contributed by atoms with van der Waals surface area (Å²) >= 11 is 3.39. The highest BCUT2D eigenvalue weighted by Crippen LogP contribution is 2.21. The van der Waals surface area contributed by atoms with Gasteiger partial charge >= 0.3 is 5.97 Å². The fourth-order valence-electron chi connectivity index (χ4n) is 2.06. The number of ether oxygens (including phenoxy) is 2. The van der Waals surface area contributed by atoms with Crippen molar-refractivity contribution >= 4 is 21.9 Å². The molecule has 1 atom stereocenters. The van der Waals surface area contributed by atoms with Crippen LogP contribution in [0.25, 0.3) is 0 Å². The van der Waals surface area contributed by atoms with Gasteiger partial charge in [-0.3, -0.25) is 9.69 Å². The van der Waals surface area contributed by atoms with Crippen LogP contribution in [0.3, 0.4) is 0 Å². The monoisotopic (exact) mass is 331 g/mol. The molecule has 1 saturated heterocycles. The van der Waals surface area contributed by atoms with Gasteiger partial charge in [0.25, 0.3) is 0 Å². The number of esters is 1. The van der Waals surface area contributed by atoms with Gasteiger partial charge in [-0.25, -0.2) is 4.39 Å². The molecule has 19 heavy (non-hydrogen) atoms. The van der Waals surface area contributed by atoms with Crippen LogP contribution in [-0.4, -0.2) is 43.8 Å². The fourth-order valence-corrected chi connectivity index (χ4v) is 2.44. The molecule has 1 aliphatic rings. The zero-order valence-electron chi connectivity index (χ0n) is 10.6. The number of methoxy groups -OCH3 is 1. The smallest absolute Gasteiger partial charge is 0.325 e. The van der Waals surface area contributed by atoms with Gasteiger partial charge in [-0.05, 0) is 23.8 Å². The highest BCUT2D eigenvalue weighted by atomic mass is 79.9. The summed E-state index contributed by atoms with van der Waals surface area (Å²) in [6.07, 6.45) is 0. The summed E-state index contributed by atoms with van der Waals surface area (Å²) in [5.74, 6) is -0.617. The average molecular weight is 332 g/mol. The minimum absolute atomic E-state index is 0.291. The molecule has 1 aromatic carbocycles. The van der Waals surface area contributed by atoms with E-state index in [0.717, 1.165) is 10.0 Å². The van der Waals surface area contributed by atoms with E-state index in [1.54, 1.807) is 6.07 Å². The lowest BCUT2D eigenvalue weighted by molar-refractivity contribution is -0.153. The predicted molar refractivity (Wildman–Crippen MR) is 71.1 cm³/mol. The number of rotatable bonds is 3. The van der Waals surface area contributed by atoms with E-state index in [-0.39, 0.29) is 11.8 Å². The van der Waals surface area contributed by atoms with E-state index in [2.05, 4.69) is 15.9 Å². The largest absolute Gasteiger partial charge is 0.468 e. The van der Waals surface area contributed by atoms with Gasteiger partial charge in [0.05, 0.1) is 20.3 Å². The Morgan fingerprint density at radius 1 is 1.63 bits per heavy atom. The Hall–Kier alpha value is -0.980. The number of halogens is 2. The summed E-state index contributed by atoms with van der Waals surface area (Å²) in [6, 6.07) is 4.09. The molecule has 0 aliphatic carbocycles. The van der Waals surface area contributed by atoms with Gasteiger partial charge in [-0.1, -0.05) is 15.9 Å². The Morgan fingerprint density at radius 2 is 2.42 bits per heavy atom. The van der Waals surface area contributed by atoms with Crippen LogP contribution in [-0.2, 0) is 20.8 Å². The van der Waals surface area contributed by atoms with Crippen LogP contribution in [0, 0.1) is 5.82 Å². The Balaban J connectivity index is 2.15. The first kappa shape index (κ1) is 14.4. The first-order chi connectivity index (χ1) is 9.11. The van der Waals surface area contributed by atoms with Crippen molar-refractivity contribution in [3.8, 4) is 0 Å². The normalized spacial score (nSPS) is 20.3. The van der Waals surface area contributed by atoms with Crippen LogP contribution in [0.1, 0.15) is 5.56 Å². The molecular weight excluding hydrogens is 317 g/mol. The maximum atomic E-state index is 13.3. The van der Waals surface area contributed by atoms with Crippen molar-refractivity contribution in [3.05, 3.63) is 34.1 Å². The van der Waals surface area contributed by atoms with Crippen molar-refractivity contribution in [2.75, 3.05) is 26.9 Å². The lowest BCUT2D eigenvalue weighted by atomic mass is 10.1. The van der Waals surface area contributed by atoms with Gasteiger partial charge in [0.15, 0.2) is 0 Å². The van der Waals surface area contributed by atoms with E-state index in [9.17, 15) is 9.18 Å². The van der Waals surface area contributed by atoms with Gasteiger partial charge in [-0.15, -0.1) is 0 Å². The van der Waals surface area contributed by atoms with Crippen LogP contribution < -0.4 is 0 Å².